The van der Waals surface area contributed by atoms with Gasteiger partial charge in [-0.25, -0.2) is 0 Å². The van der Waals surface area contributed by atoms with E-state index in [0.717, 1.165) is 0 Å². The van der Waals surface area contributed by atoms with Crippen molar-refractivity contribution in [2.45, 2.75) is 13.8 Å². The van der Waals surface area contributed by atoms with Crippen LogP contribution >= 0.6 is 0 Å². The summed E-state index contributed by atoms with van der Waals surface area (Å²) >= 11 is 0. The first-order valence-electron chi connectivity index (χ1n) is 2.77. The Morgan fingerprint density at radius 3 is 2.00 bits per heavy atom. The van der Waals surface area contributed by atoms with Crippen molar-refractivity contribution in [3.05, 3.63) is 30.6 Å². The zero-order chi connectivity index (χ0) is 6.24. The van der Waals surface area contributed by atoms with Crippen molar-refractivity contribution in [1.82, 2.24) is 4.98 Å². The zero-order valence-corrected chi connectivity index (χ0v) is 8.67. The van der Waals surface area contributed by atoms with Gasteiger partial charge in [0.15, 0.2) is 0 Å². The second-order valence-electron chi connectivity index (χ2n) is 0.959. The first-order chi connectivity index (χ1) is 4.00. The van der Waals surface area contributed by atoms with Gasteiger partial charge in [-0.05, 0) is 0 Å². The maximum absolute atomic E-state index is 3.66. The minimum atomic E-state index is 0. The Balaban J connectivity index is 0. The van der Waals surface area contributed by atoms with E-state index in [1.165, 1.54) is 0 Å². The van der Waals surface area contributed by atoms with Crippen LogP contribution in [0.2, 0.25) is 0 Å². The van der Waals surface area contributed by atoms with Crippen LogP contribution in [0.25, 0.3) is 0 Å². The van der Waals surface area contributed by atoms with E-state index in [-0.39, 0.29) is 32.7 Å². The summed E-state index contributed by atoms with van der Waals surface area (Å²) in [7, 11) is 0. The van der Waals surface area contributed by atoms with Crippen LogP contribution < -0.4 is 0 Å². The van der Waals surface area contributed by atoms with Gasteiger partial charge in [0.05, 0.1) is 0 Å². The predicted octanol–water partition coefficient (Wildman–Crippen LogP) is 1.91. The van der Waals surface area contributed by atoms with Crippen molar-refractivity contribution in [2.75, 3.05) is 0 Å². The summed E-state index contributed by atoms with van der Waals surface area (Å²) in [6.07, 6.45) is 4.34. The van der Waals surface area contributed by atoms with Gasteiger partial charge in [-0.3, -0.25) is 0 Å². The quantitative estimate of drug-likeness (QED) is 0.579. The fourth-order valence-corrected chi connectivity index (χ4v) is 0.277. The summed E-state index contributed by atoms with van der Waals surface area (Å²) in [6.45, 7) is 4.00. The zero-order valence-electron chi connectivity index (χ0n) is 5.83. The molecule has 0 atom stereocenters. The number of rotatable bonds is 0. The summed E-state index contributed by atoms with van der Waals surface area (Å²) in [4.78, 5) is 3.66. The molecule has 0 N–H and O–H groups in total. The standard InChI is InChI=1S/C5H4N.C2H6.Y/c1-2-4-6-5-3-1;1-2;/h1-4H;1-2H3;/q-1;;. The van der Waals surface area contributed by atoms with E-state index in [1.807, 2.05) is 26.0 Å². The average molecular weight is 197 g/mol. The number of hydrogen-bond acceptors (Lipinski definition) is 1. The summed E-state index contributed by atoms with van der Waals surface area (Å²) in [5, 5.41) is 0. The number of pyridine rings is 1. The topological polar surface area (TPSA) is 12.9 Å². The summed E-state index contributed by atoms with van der Waals surface area (Å²) in [5.41, 5.74) is 0. The molecule has 9 heavy (non-hydrogen) atoms. The van der Waals surface area contributed by atoms with Gasteiger partial charge in [0, 0.05) is 32.7 Å². The fourth-order valence-electron chi connectivity index (χ4n) is 0.277. The molecule has 0 unspecified atom stereocenters. The summed E-state index contributed by atoms with van der Waals surface area (Å²) < 4.78 is 0. The Kier molecular flexibility index (Phi) is 14.8. The Morgan fingerprint density at radius 1 is 1.22 bits per heavy atom. The summed E-state index contributed by atoms with van der Waals surface area (Å²) in [5.74, 6) is 0. The molecule has 1 rings (SSSR count). The van der Waals surface area contributed by atoms with Crippen LogP contribution in [0.15, 0.2) is 24.4 Å². The molecule has 0 aliphatic rings. The smallest absolute Gasteiger partial charge is 0 e. The van der Waals surface area contributed by atoms with Crippen molar-refractivity contribution in [2.24, 2.45) is 0 Å². The number of nitrogens with zero attached hydrogens (tertiary/aromatic N) is 1. The van der Waals surface area contributed by atoms with Crippen molar-refractivity contribution in [3.8, 4) is 0 Å². The van der Waals surface area contributed by atoms with Crippen molar-refractivity contribution >= 4 is 0 Å². The molecule has 1 aromatic rings. The Hall–Kier alpha value is 0.254. The fraction of sp³-hybridized carbons (Fsp3) is 0.286. The molecule has 0 bridgehead atoms. The third kappa shape index (κ3) is 8.25. The van der Waals surface area contributed by atoms with Crippen LogP contribution in [-0.4, -0.2) is 4.98 Å². The number of hydrogen-bond donors (Lipinski definition) is 0. The van der Waals surface area contributed by atoms with Crippen molar-refractivity contribution < 1.29 is 32.7 Å². The van der Waals surface area contributed by atoms with Gasteiger partial charge in [0.2, 0.25) is 0 Å². The van der Waals surface area contributed by atoms with E-state index < -0.39 is 0 Å². The molecular weight excluding hydrogens is 187 g/mol. The third-order valence-electron chi connectivity index (χ3n) is 0.517. The monoisotopic (exact) mass is 197 g/mol. The van der Waals surface area contributed by atoms with Gasteiger partial charge in [0.1, 0.15) is 0 Å². The molecule has 0 fully saturated rings. The first-order valence-corrected chi connectivity index (χ1v) is 2.77. The van der Waals surface area contributed by atoms with Gasteiger partial charge in [-0.1, -0.05) is 26.2 Å². The van der Waals surface area contributed by atoms with E-state index >= 15 is 0 Å². The van der Waals surface area contributed by atoms with Gasteiger partial charge in [-0.2, -0.15) is 18.2 Å². The SMILES string of the molecule is CC.[Y].[c-]1ccccn1. The molecule has 0 saturated carbocycles. The van der Waals surface area contributed by atoms with E-state index in [1.54, 1.807) is 12.3 Å². The van der Waals surface area contributed by atoms with Crippen LogP contribution in [0.5, 0.6) is 0 Å². The van der Waals surface area contributed by atoms with Crippen LogP contribution in [0, 0.1) is 6.20 Å². The summed E-state index contributed by atoms with van der Waals surface area (Å²) in [6, 6.07) is 5.50. The molecular formula is C7H10NY-. The molecule has 0 aliphatic heterocycles. The molecule has 1 aromatic heterocycles. The van der Waals surface area contributed by atoms with Crippen LogP contribution in [0.3, 0.4) is 0 Å². The molecule has 1 heterocycles. The van der Waals surface area contributed by atoms with Crippen molar-refractivity contribution in [1.29, 1.82) is 0 Å². The number of aromatic nitrogens is 1. The van der Waals surface area contributed by atoms with Gasteiger partial charge in [0.25, 0.3) is 0 Å². The van der Waals surface area contributed by atoms with Gasteiger partial charge in [-0.15, -0.1) is 0 Å². The van der Waals surface area contributed by atoms with Gasteiger partial charge < -0.3 is 4.98 Å². The van der Waals surface area contributed by atoms with Crippen molar-refractivity contribution in [3.63, 3.8) is 0 Å². The molecule has 47 valence electrons. The van der Waals surface area contributed by atoms with E-state index in [4.69, 9.17) is 0 Å². The van der Waals surface area contributed by atoms with Crippen LogP contribution in [-0.2, 0) is 32.7 Å². The molecule has 0 aromatic carbocycles. The molecule has 0 spiro atoms. The third-order valence-corrected chi connectivity index (χ3v) is 0.517. The van der Waals surface area contributed by atoms with E-state index in [0.29, 0.717) is 0 Å². The Labute approximate surface area is 81.8 Å². The molecule has 1 radical (unpaired) electrons. The van der Waals surface area contributed by atoms with Crippen LogP contribution in [0.1, 0.15) is 13.8 Å². The molecule has 0 aliphatic carbocycles. The van der Waals surface area contributed by atoms with E-state index in [2.05, 4.69) is 11.2 Å². The minimum absolute atomic E-state index is 0. The van der Waals surface area contributed by atoms with E-state index in [9.17, 15) is 0 Å². The Morgan fingerprint density at radius 2 is 1.89 bits per heavy atom. The molecule has 0 amide bonds. The largest absolute Gasteiger partial charge is 0.394 e. The normalized spacial score (nSPS) is 6.00. The molecule has 1 nitrogen and oxygen atoms in total. The average Bonchev–Trinajstić information content (AvgIpc) is 1.96. The second-order valence-corrected chi connectivity index (χ2v) is 0.959. The van der Waals surface area contributed by atoms with Gasteiger partial charge >= 0.3 is 0 Å². The molecule has 0 saturated heterocycles. The molecule has 2 heteroatoms. The maximum atomic E-state index is 3.66. The second kappa shape index (κ2) is 11.1. The minimum Gasteiger partial charge on any atom is -0.394 e. The predicted molar refractivity (Wildman–Crippen MR) is 34.4 cm³/mol. The Bertz CT molecular complexity index is 80.8. The first kappa shape index (κ1) is 12.0. The van der Waals surface area contributed by atoms with Crippen LogP contribution in [0.4, 0.5) is 0 Å². The maximum Gasteiger partial charge on any atom is 0 e.